The molecule has 6 nitrogen and oxygen atoms in total. The molecule has 0 atom stereocenters. The summed E-state index contributed by atoms with van der Waals surface area (Å²) in [5.41, 5.74) is 7.41. The predicted molar refractivity (Wildman–Crippen MR) is 113 cm³/mol. The Kier molecular flexibility index (Phi) is 5.75. The zero-order chi connectivity index (χ0) is 20.8. The number of ether oxygens (including phenoxy) is 1. The third kappa shape index (κ3) is 4.67. The number of furan rings is 1. The average molecular weight is 400 g/mol. The molecule has 0 bridgehead atoms. The van der Waals surface area contributed by atoms with Crippen molar-refractivity contribution in [1.29, 1.82) is 0 Å². The fourth-order valence-corrected chi connectivity index (χ4v) is 3.07. The molecule has 1 aromatic heterocycles. The molecule has 0 radical (unpaired) electrons. The van der Waals surface area contributed by atoms with Crippen LogP contribution in [0.5, 0.6) is 5.75 Å². The van der Waals surface area contributed by atoms with Crippen LogP contribution in [0.1, 0.15) is 21.7 Å². The lowest BCUT2D eigenvalue weighted by Crippen LogP contribution is -2.43. The zero-order valence-electron chi connectivity index (χ0n) is 16.1. The van der Waals surface area contributed by atoms with Crippen LogP contribution in [0.4, 0.5) is 0 Å². The molecule has 3 aromatic carbocycles. The van der Waals surface area contributed by atoms with Gasteiger partial charge in [0.1, 0.15) is 11.3 Å². The number of nitrogens with one attached hydrogen (secondary N) is 2. The highest BCUT2D eigenvalue weighted by Gasteiger charge is 2.13. The number of benzene rings is 3. The minimum absolute atomic E-state index is 0.116. The lowest BCUT2D eigenvalue weighted by Gasteiger charge is -2.12. The first-order valence-corrected chi connectivity index (χ1v) is 9.51. The van der Waals surface area contributed by atoms with Gasteiger partial charge in [0, 0.05) is 11.8 Å². The Labute approximate surface area is 173 Å². The minimum atomic E-state index is -0.538. The standard InChI is InChI=1S/C24H20N2O4/c27-23(25-26-24(28)22-15-19-11-5-7-13-21(19)30-22)16-29-20-12-6-4-10-18(20)14-17-8-2-1-3-9-17/h1-13,15H,14,16H2,(H,25,27)(H,26,28). The van der Waals surface area contributed by atoms with Crippen molar-refractivity contribution in [3.63, 3.8) is 0 Å². The van der Waals surface area contributed by atoms with E-state index in [9.17, 15) is 9.59 Å². The topological polar surface area (TPSA) is 80.6 Å². The van der Waals surface area contributed by atoms with Crippen LogP contribution < -0.4 is 15.6 Å². The molecule has 2 N–H and O–H groups in total. The smallest absolute Gasteiger partial charge is 0.305 e. The summed E-state index contributed by atoms with van der Waals surface area (Å²) in [7, 11) is 0. The van der Waals surface area contributed by atoms with E-state index in [-0.39, 0.29) is 12.4 Å². The van der Waals surface area contributed by atoms with Crippen molar-refractivity contribution in [3.05, 3.63) is 102 Å². The second kappa shape index (κ2) is 8.96. The molecule has 0 spiro atoms. The van der Waals surface area contributed by atoms with Crippen molar-refractivity contribution < 1.29 is 18.7 Å². The van der Waals surface area contributed by atoms with Crippen LogP contribution in [-0.2, 0) is 11.2 Å². The summed E-state index contributed by atoms with van der Waals surface area (Å²) in [6.07, 6.45) is 0.696. The van der Waals surface area contributed by atoms with E-state index >= 15 is 0 Å². The number of carbonyl (C=O) groups excluding carboxylic acids is 2. The lowest BCUT2D eigenvalue weighted by atomic mass is 10.0. The Bertz CT molecular complexity index is 1140. The van der Waals surface area contributed by atoms with Crippen LogP contribution in [0.2, 0.25) is 0 Å². The SMILES string of the molecule is O=C(COc1ccccc1Cc1ccccc1)NNC(=O)c1cc2ccccc2o1. The molecule has 0 aliphatic heterocycles. The van der Waals surface area contributed by atoms with E-state index in [1.807, 2.05) is 72.8 Å². The molecule has 0 aliphatic carbocycles. The molecule has 1 heterocycles. The van der Waals surface area contributed by atoms with Crippen LogP contribution in [-0.4, -0.2) is 18.4 Å². The van der Waals surface area contributed by atoms with Crippen LogP contribution in [0.25, 0.3) is 11.0 Å². The van der Waals surface area contributed by atoms with Crippen LogP contribution >= 0.6 is 0 Å². The van der Waals surface area contributed by atoms with Crippen LogP contribution in [0.3, 0.4) is 0 Å². The summed E-state index contributed by atoms with van der Waals surface area (Å²) in [4.78, 5) is 24.3. The highest BCUT2D eigenvalue weighted by atomic mass is 16.5. The normalized spacial score (nSPS) is 10.5. The maximum Gasteiger partial charge on any atom is 0.305 e. The number of hydrogen-bond acceptors (Lipinski definition) is 4. The number of hydrogen-bond donors (Lipinski definition) is 2. The number of rotatable bonds is 6. The number of para-hydroxylation sites is 2. The van der Waals surface area contributed by atoms with Crippen molar-refractivity contribution >= 4 is 22.8 Å². The molecular formula is C24H20N2O4. The Morgan fingerprint density at radius 2 is 1.57 bits per heavy atom. The van der Waals surface area contributed by atoms with Crippen molar-refractivity contribution in [3.8, 4) is 5.75 Å². The molecule has 6 heteroatoms. The largest absolute Gasteiger partial charge is 0.483 e. The first-order valence-electron chi connectivity index (χ1n) is 9.51. The summed E-state index contributed by atoms with van der Waals surface area (Å²) in [5, 5.41) is 0.812. The van der Waals surface area contributed by atoms with E-state index in [2.05, 4.69) is 10.9 Å². The Morgan fingerprint density at radius 1 is 0.833 bits per heavy atom. The van der Waals surface area contributed by atoms with Gasteiger partial charge in [0.25, 0.3) is 5.91 Å². The van der Waals surface area contributed by atoms with Crippen molar-refractivity contribution in [1.82, 2.24) is 10.9 Å². The quantitative estimate of drug-likeness (QED) is 0.482. The maximum absolute atomic E-state index is 12.2. The molecule has 0 saturated heterocycles. The van der Waals surface area contributed by atoms with Crippen molar-refractivity contribution in [2.45, 2.75) is 6.42 Å². The van der Waals surface area contributed by atoms with Gasteiger partial charge in [-0.3, -0.25) is 20.4 Å². The van der Waals surface area contributed by atoms with E-state index in [1.54, 1.807) is 12.1 Å². The van der Waals surface area contributed by atoms with Gasteiger partial charge in [0.2, 0.25) is 0 Å². The average Bonchev–Trinajstić information content (AvgIpc) is 3.22. The molecule has 4 aromatic rings. The Balaban J connectivity index is 1.31. The summed E-state index contributed by atoms with van der Waals surface area (Å²) in [6, 6.07) is 26.5. The number of carbonyl (C=O) groups is 2. The number of fused-ring (bicyclic) bond motifs is 1. The highest BCUT2D eigenvalue weighted by molar-refractivity contribution is 5.97. The fourth-order valence-electron chi connectivity index (χ4n) is 3.07. The first kappa shape index (κ1) is 19.3. The monoisotopic (exact) mass is 400 g/mol. The lowest BCUT2D eigenvalue weighted by molar-refractivity contribution is -0.123. The van der Waals surface area contributed by atoms with Gasteiger partial charge in [-0.25, -0.2) is 0 Å². The number of amides is 2. The van der Waals surface area contributed by atoms with Crippen molar-refractivity contribution in [2.24, 2.45) is 0 Å². The molecular weight excluding hydrogens is 380 g/mol. The van der Waals surface area contributed by atoms with Gasteiger partial charge in [-0.15, -0.1) is 0 Å². The van der Waals surface area contributed by atoms with E-state index < -0.39 is 11.8 Å². The fraction of sp³-hybridized carbons (Fsp3) is 0.0833. The molecule has 30 heavy (non-hydrogen) atoms. The van der Waals surface area contributed by atoms with Gasteiger partial charge in [-0.1, -0.05) is 66.7 Å². The molecule has 4 rings (SSSR count). The molecule has 150 valence electrons. The second-order valence-electron chi connectivity index (χ2n) is 6.71. The summed E-state index contributed by atoms with van der Waals surface area (Å²) in [6.45, 7) is -0.230. The summed E-state index contributed by atoms with van der Waals surface area (Å²) >= 11 is 0. The molecule has 0 fully saturated rings. The van der Waals surface area contributed by atoms with Gasteiger partial charge in [0.05, 0.1) is 0 Å². The van der Waals surface area contributed by atoms with Crippen LogP contribution in [0, 0.1) is 0 Å². The third-order valence-electron chi connectivity index (χ3n) is 4.53. The van der Waals surface area contributed by atoms with Gasteiger partial charge < -0.3 is 9.15 Å². The predicted octanol–water partition coefficient (Wildman–Crippen LogP) is 3.86. The van der Waals surface area contributed by atoms with Gasteiger partial charge in [-0.05, 0) is 29.3 Å². The van der Waals surface area contributed by atoms with E-state index in [0.717, 1.165) is 16.5 Å². The van der Waals surface area contributed by atoms with Crippen LogP contribution in [0.15, 0.2) is 89.3 Å². The first-order chi connectivity index (χ1) is 14.7. The Hall–Kier alpha value is -4.06. The van der Waals surface area contributed by atoms with Gasteiger partial charge in [0.15, 0.2) is 12.4 Å². The molecule has 0 unspecified atom stereocenters. The molecule has 0 saturated carbocycles. The van der Waals surface area contributed by atoms with Crippen molar-refractivity contribution in [2.75, 3.05) is 6.61 Å². The number of hydrazine groups is 1. The maximum atomic E-state index is 12.2. The van der Waals surface area contributed by atoms with E-state index in [4.69, 9.17) is 9.15 Å². The Morgan fingerprint density at radius 3 is 2.40 bits per heavy atom. The second-order valence-corrected chi connectivity index (χ2v) is 6.71. The zero-order valence-corrected chi connectivity index (χ0v) is 16.1. The third-order valence-corrected chi connectivity index (χ3v) is 4.53. The summed E-state index contributed by atoms with van der Waals surface area (Å²) in [5.74, 6) is -0.274. The molecule has 2 amide bonds. The minimum Gasteiger partial charge on any atom is -0.483 e. The van der Waals surface area contributed by atoms with Gasteiger partial charge >= 0.3 is 5.91 Å². The van der Waals surface area contributed by atoms with Gasteiger partial charge in [-0.2, -0.15) is 0 Å². The van der Waals surface area contributed by atoms with E-state index in [1.165, 1.54) is 0 Å². The summed E-state index contributed by atoms with van der Waals surface area (Å²) < 4.78 is 11.1. The van der Waals surface area contributed by atoms with E-state index in [0.29, 0.717) is 17.8 Å². The highest BCUT2D eigenvalue weighted by Crippen LogP contribution is 2.21. The molecule has 0 aliphatic rings.